The van der Waals surface area contributed by atoms with Crippen LogP contribution in [0.2, 0.25) is 0 Å². The van der Waals surface area contributed by atoms with Crippen LogP contribution in [0.25, 0.3) is 0 Å². The largest absolute Gasteiger partial charge is 0.497 e. The Balaban J connectivity index is 1.74. The molecule has 0 saturated carbocycles. The molecular formula is C27H37N3O5. The second-order valence-electron chi connectivity index (χ2n) is 9.67. The summed E-state index contributed by atoms with van der Waals surface area (Å²) < 4.78 is 5.22. The van der Waals surface area contributed by atoms with Gasteiger partial charge in [-0.25, -0.2) is 0 Å². The van der Waals surface area contributed by atoms with Gasteiger partial charge in [-0.1, -0.05) is 45.1 Å². The van der Waals surface area contributed by atoms with Crippen molar-refractivity contribution in [3.8, 4) is 5.75 Å². The average Bonchev–Trinajstić information content (AvgIpc) is 3.10. The number of imide groups is 1. The molecule has 1 aromatic carbocycles. The summed E-state index contributed by atoms with van der Waals surface area (Å²) >= 11 is 0. The van der Waals surface area contributed by atoms with E-state index < -0.39 is 6.04 Å². The number of methoxy groups -OCH3 is 1. The maximum atomic E-state index is 13.5. The van der Waals surface area contributed by atoms with Gasteiger partial charge in [0.15, 0.2) is 0 Å². The molecule has 4 amide bonds. The van der Waals surface area contributed by atoms with Crippen molar-refractivity contribution in [3.05, 3.63) is 42.0 Å². The van der Waals surface area contributed by atoms with Crippen LogP contribution in [-0.2, 0) is 25.7 Å². The van der Waals surface area contributed by atoms with Gasteiger partial charge in [-0.3, -0.25) is 24.1 Å². The summed E-state index contributed by atoms with van der Waals surface area (Å²) in [4.78, 5) is 54.9. The third-order valence-corrected chi connectivity index (χ3v) is 6.73. The Labute approximate surface area is 207 Å². The average molecular weight is 484 g/mol. The van der Waals surface area contributed by atoms with Gasteiger partial charge in [0.05, 0.1) is 18.9 Å². The van der Waals surface area contributed by atoms with Crippen molar-refractivity contribution in [2.45, 2.75) is 59.0 Å². The number of carbonyl (C=O) groups excluding carboxylic acids is 4. The van der Waals surface area contributed by atoms with Gasteiger partial charge in [-0.05, 0) is 42.9 Å². The summed E-state index contributed by atoms with van der Waals surface area (Å²) in [5.41, 5.74) is 0.861. The number of benzene rings is 1. The summed E-state index contributed by atoms with van der Waals surface area (Å²) in [7, 11) is 1.59. The lowest BCUT2D eigenvalue weighted by molar-refractivity contribution is -0.144. The van der Waals surface area contributed by atoms with Crippen molar-refractivity contribution in [3.63, 3.8) is 0 Å². The first kappa shape index (κ1) is 26.4. The lowest BCUT2D eigenvalue weighted by Gasteiger charge is -2.31. The molecule has 0 spiro atoms. The first-order chi connectivity index (χ1) is 16.8. The number of nitrogens with zero attached hydrogens (tertiary/aromatic N) is 2. The van der Waals surface area contributed by atoms with Gasteiger partial charge in [0.2, 0.25) is 23.6 Å². The first-order valence-electron chi connectivity index (χ1n) is 12.5. The predicted octanol–water partition coefficient (Wildman–Crippen LogP) is 2.92. The molecule has 1 fully saturated rings. The molecule has 35 heavy (non-hydrogen) atoms. The van der Waals surface area contributed by atoms with Gasteiger partial charge in [0.25, 0.3) is 0 Å². The standard InChI is InChI=1S/C27H37N3O5/c1-5-23(25(32)28-16-18(2)3)30(17-19-10-12-20(35-4)13-11-19)24(31)14-15-29-26(33)21-8-6-7-9-22(21)27(29)34/h6-7,10-13,18,21-23H,5,8-9,14-17H2,1-4H3,(H,28,32)/t21-,22+,23-/m0/s1. The molecule has 1 heterocycles. The molecule has 190 valence electrons. The van der Waals surface area contributed by atoms with E-state index in [2.05, 4.69) is 5.32 Å². The van der Waals surface area contributed by atoms with E-state index in [0.717, 1.165) is 5.56 Å². The highest BCUT2D eigenvalue weighted by atomic mass is 16.5. The molecule has 0 aromatic heterocycles. The summed E-state index contributed by atoms with van der Waals surface area (Å²) in [6.45, 7) is 6.70. The minimum atomic E-state index is -0.653. The number of hydrogen-bond donors (Lipinski definition) is 1. The molecule has 0 unspecified atom stereocenters. The van der Waals surface area contributed by atoms with Gasteiger partial charge in [0.1, 0.15) is 11.8 Å². The fraction of sp³-hybridized carbons (Fsp3) is 0.556. The molecule has 8 nitrogen and oxygen atoms in total. The second kappa shape index (κ2) is 12.0. The molecule has 1 saturated heterocycles. The van der Waals surface area contributed by atoms with E-state index in [1.807, 2.05) is 57.2 Å². The number of hydrogen-bond acceptors (Lipinski definition) is 5. The summed E-state index contributed by atoms with van der Waals surface area (Å²) in [5.74, 6) is -0.496. The third-order valence-electron chi connectivity index (χ3n) is 6.73. The smallest absolute Gasteiger partial charge is 0.242 e. The summed E-state index contributed by atoms with van der Waals surface area (Å²) in [5, 5.41) is 2.94. The Kier molecular flexibility index (Phi) is 9.07. The number of carbonyl (C=O) groups is 4. The van der Waals surface area contributed by atoms with E-state index >= 15 is 0 Å². The van der Waals surface area contributed by atoms with Crippen LogP contribution in [0.15, 0.2) is 36.4 Å². The molecule has 3 atom stereocenters. The maximum absolute atomic E-state index is 13.5. The normalized spacial score (nSPS) is 20.1. The van der Waals surface area contributed by atoms with Crippen LogP contribution < -0.4 is 10.1 Å². The van der Waals surface area contributed by atoms with E-state index in [9.17, 15) is 19.2 Å². The number of fused-ring (bicyclic) bond motifs is 1. The Morgan fingerprint density at radius 1 is 1.09 bits per heavy atom. The van der Waals surface area contributed by atoms with Crippen LogP contribution in [0.3, 0.4) is 0 Å². The highest BCUT2D eigenvalue weighted by Crippen LogP contribution is 2.35. The van der Waals surface area contributed by atoms with E-state index in [1.54, 1.807) is 12.0 Å². The van der Waals surface area contributed by atoms with Crippen molar-refractivity contribution < 1.29 is 23.9 Å². The van der Waals surface area contributed by atoms with Crippen molar-refractivity contribution >= 4 is 23.6 Å². The minimum Gasteiger partial charge on any atom is -0.497 e. The number of amides is 4. The van der Waals surface area contributed by atoms with Gasteiger partial charge >= 0.3 is 0 Å². The Bertz CT molecular complexity index is 930. The molecule has 8 heteroatoms. The zero-order valence-corrected chi connectivity index (χ0v) is 21.2. The number of ether oxygens (including phenoxy) is 1. The molecule has 0 bridgehead atoms. The predicted molar refractivity (Wildman–Crippen MR) is 132 cm³/mol. The molecule has 1 aliphatic heterocycles. The van der Waals surface area contributed by atoms with Crippen molar-refractivity contribution in [2.24, 2.45) is 17.8 Å². The van der Waals surface area contributed by atoms with Crippen molar-refractivity contribution in [1.29, 1.82) is 0 Å². The van der Waals surface area contributed by atoms with E-state index in [4.69, 9.17) is 4.74 Å². The SMILES string of the molecule is CC[C@@H](C(=O)NCC(C)C)N(Cc1ccc(OC)cc1)C(=O)CCN1C(=O)[C@H]2CC=CC[C@H]2C1=O. The topological polar surface area (TPSA) is 96.0 Å². The van der Waals surface area contributed by atoms with Crippen LogP contribution >= 0.6 is 0 Å². The lowest BCUT2D eigenvalue weighted by atomic mass is 9.85. The number of likely N-dealkylation sites (tertiary alicyclic amines) is 1. The summed E-state index contributed by atoms with van der Waals surface area (Å²) in [6.07, 6.45) is 5.45. The summed E-state index contributed by atoms with van der Waals surface area (Å²) in [6, 6.07) is 6.70. The monoisotopic (exact) mass is 483 g/mol. The second-order valence-corrected chi connectivity index (χ2v) is 9.67. The van der Waals surface area contributed by atoms with Gasteiger partial charge in [-0.15, -0.1) is 0 Å². The molecule has 3 rings (SSSR count). The fourth-order valence-electron chi connectivity index (χ4n) is 4.71. The zero-order valence-electron chi connectivity index (χ0n) is 21.2. The quantitative estimate of drug-likeness (QED) is 0.386. The van der Waals surface area contributed by atoms with Crippen LogP contribution in [0.4, 0.5) is 0 Å². The number of allylic oxidation sites excluding steroid dienone is 2. The molecular weight excluding hydrogens is 446 g/mol. The Morgan fingerprint density at radius 3 is 2.20 bits per heavy atom. The molecule has 0 radical (unpaired) electrons. The Morgan fingerprint density at radius 2 is 1.69 bits per heavy atom. The lowest BCUT2D eigenvalue weighted by Crippen LogP contribution is -2.50. The molecule has 1 N–H and O–H groups in total. The van der Waals surface area contributed by atoms with Crippen LogP contribution in [0.1, 0.15) is 52.0 Å². The van der Waals surface area contributed by atoms with Crippen LogP contribution in [0, 0.1) is 17.8 Å². The minimum absolute atomic E-state index is 0.0194. The molecule has 2 aliphatic rings. The number of nitrogens with one attached hydrogen (secondary N) is 1. The van der Waals surface area contributed by atoms with Gasteiger partial charge in [0, 0.05) is 26.1 Å². The zero-order chi connectivity index (χ0) is 25.5. The highest BCUT2D eigenvalue weighted by Gasteiger charge is 2.47. The molecule has 1 aliphatic carbocycles. The van der Waals surface area contributed by atoms with Crippen molar-refractivity contribution in [1.82, 2.24) is 15.1 Å². The van der Waals surface area contributed by atoms with Crippen LogP contribution in [-0.4, -0.2) is 59.7 Å². The van der Waals surface area contributed by atoms with Crippen molar-refractivity contribution in [2.75, 3.05) is 20.2 Å². The van der Waals surface area contributed by atoms with Gasteiger partial charge in [-0.2, -0.15) is 0 Å². The first-order valence-corrected chi connectivity index (χ1v) is 12.5. The van der Waals surface area contributed by atoms with E-state index in [1.165, 1.54) is 4.90 Å². The molecule has 1 aromatic rings. The number of rotatable bonds is 11. The van der Waals surface area contributed by atoms with E-state index in [0.29, 0.717) is 31.6 Å². The third kappa shape index (κ3) is 6.29. The van der Waals surface area contributed by atoms with Crippen LogP contribution in [0.5, 0.6) is 5.75 Å². The highest BCUT2D eigenvalue weighted by molar-refractivity contribution is 6.05. The fourth-order valence-corrected chi connectivity index (χ4v) is 4.71. The van der Waals surface area contributed by atoms with Gasteiger partial charge < -0.3 is 15.0 Å². The Hall–Kier alpha value is -3.16. The van der Waals surface area contributed by atoms with E-state index in [-0.39, 0.29) is 60.9 Å². The maximum Gasteiger partial charge on any atom is 0.242 e.